The standard InChI is InChI=1S/C11H15BrFNO4S2/c1-19(15,16)9-4-5-10(13)11(8-9)20(17,18)14-7-3-2-6-12/h4-5,8,14H,2-3,6-7H2,1H3. The molecule has 9 heteroatoms. The molecule has 0 aromatic heterocycles. The van der Waals surface area contributed by atoms with Crippen molar-refractivity contribution in [1.29, 1.82) is 0 Å². The molecule has 0 amide bonds. The summed E-state index contributed by atoms with van der Waals surface area (Å²) in [4.78, 5) is -0.890. The Kier molecular flexibility index (Phi) is 6.11. The van der Waals surface area contributed by atoms with Gasteiger partial charge in [0, 0.05) is 18.1 Å². The summed E-state index contributed by atoms with van der Waals surface area (Å²) in [5.41, 5.74) is 0. The summed E-state index contributed by atoms with van der Waals surface area (Å²) in [5, 5.41) is 0.743. The second-order valence-electron chi connectivity index (χ2n) is 4.16. The maximum absolute atomic E-state index is 13.6. The van der Waals surface area contributed by atoms with Gasteiger partial charge < -0.3 is 0 Å². The fourth-order valence-corrected chi connectivity index (χ4v) is 3.72. The molecule has 1 rings (SSSR count). The minimum atomic E-state index is -4.06. The molecule has 0 atom stereocenters. The van der Waals surface area contributed by atoms with E-state index >= 15 is 0 Å². The van der Waals surface area contributed by atoms with E-state index in [1.807, 2.05) is 0 Å². The number of rotatable bonds is 7. The third-order valence-electron chi connectivity index (χ3n) is 2.47. The Hall–Kier alpha value is -0.510. The van der Waals surface area contributed by atoms with Crippen LogP contribution < -0.4 is 4.72 Å². The van der Waals surface area contributed by atoms with E-state index in [-0.39, 0.29) is 11.4 Å². The summed E-state index contributed by atoms with van der Waals surface area (Å²) in [6.45, 7) is 0.163. The maximum atomic E-state index is 13.6. The molecule has 5 nitrogen and oxygen atoms in total. The van der Waals surface area contributed by atoms with Gasteiger partial charge in [-0.05, 0) is 31.0 Å². The van der Waals surface area contributed by atoms with Gasteiger partial charge in [0.1, 0.15) is 10.7 Å². The van der Waals surface area contributed by atoms with Gasteiger partial charge in [-0.3, -0.25) is 0 Å². The summed E-state index contributed by atoms with van der Waals surface area (Å²) in [7, 11) is -7.66. The molecule has 114 valence electrons. The summed E-state index contributed by atoms with van der Waals surface area (Å²) in [5.74, 6) is -0.981. The molecular weight excluding hydrogens is 373 g/mol. The van der Waals surface area contributed by atoms with Crippen LogP contribution >= 0.6 is 15.9 Å². The van der Waals surface area contributed by atoms with Crippen LogP contribution in [0.2, 0.25) is 0 Å². The van der Waals surface area contributed by atoms with Gasteiger partial charge in [-0.25, -0.2) is 25.9 Å². The Morgan fingerprint density at radius 2 is 1.85 bits per heavy atom. The highest BCUT2D eigenvalue weighted by Gasteiger charge is 2.21. The number of alkyl halides is 1. The first-order chi connectivity index (χ1) is 9.18. The van der Waals surface area contributed by atoms with Gasteiger partial charge in [-0.15, -0.1) is 0 Å². The van der Waals surface area contributed by atoms with Crippen LogP contribution in [0.15, 0.2) is 28.0 Å². The Morgan fingerprint density at radius 3 is 2.40 bits per heavy atom. The lowest BCUT2D eigenvalue weighted by Crippen LogP contribution is -2.26. The molecule has 0 radical (unpaired) electrons. The first kappa shape index (κ1) is 17.5. The molecule has 0 heterocycles. The molecular formula is C11H15BrFNO4S2. The van der Waals surface area contributed by atoms with E-state index in [1.54, 1.807) is 0 Å². The molecule has 1 aromatic carbocycles. The Labute approximate surface area is 126 Å². The van der Waals surface area contributed by atoms with Crippen molar-refractivity contribution in [2.75, 3.05) is 18.1 Å². The quantitative estimate of drug-likeness (QED) is 0.438. The predicted octanol–water partition coefficient (Wildman–Crippen LogP) is 1.68. The van der Waals surface area contributed by atoms with E-state index in [2.05, 4.69) is 20.7 Å². The number of unbranched alkanes of at least 4 members (excludes halogenated alkanes) is 1. The fourth-order valence-electron chi connectivity index (χ4n) is 1.42. The van der Waals surface area contributed by atoms with E-state index < -0.39 is 30.6 Å². The first-order valence-corrected chi connectivity index (χ1v) is 10.2. The molecule has 0 aliphatic rings. The van der Waals surface area contributed by atoms with Crippen molar-refractivity contribution in [3.63, 3.8) is 0 Å². The van der Waals surface area contributed by atoms with Gasteiger partial charge in [0.05, 0.1) is 4.90 Å². The molecule has 1 aromatic rings. The number of nitrogens with one attached hydrogen (secondary N) is 1. The lowest BCUT2D eigenvalue weighted by Gasteiger charge is -2.08. The zero-order chi connectivity index (χ0) is 15.4. The second kappa shape index (κ2) is 6.97. The second-order valence-corrected chi connectivity index (χ2v) is 8.70. The Bertz CT molecular complexity index is 674. The van der Waals surface area contributed by atoms with Crippen LogP contribution in [0, 0.1) is 5.82 Å². The highest BCUT2D eigenvalue weighted by Crippen LogP contribution is 2.19. The molecule has 20 heavy (non-hydrogen) atoms. The summed E-state index contributed by atoms with van der Waals surface area (Å²) >= 11 is 3.21. The topological polar surface area (TPSA) is 80.3 Å². The van der Waals surface area contributed by atoms with E-state index in [0.29, 0.717) is 6.42 Å². The third kappa shape index (κ3) is 4.80. The van der Waals surface area contributed by atoms with Crippen molar-refractivity contribution in [1.82, 2.24) is 4.72 Å². The van der Waals surface area contributed by atoms with E-state index in [9.17, 15) is 21.2 Å². The summed E-state index contributed by atoms with van der Waals surface area (Å²) in [6, 6.07) is 2.70. The molecule has 0 unspecified atom stereocenters. The van der Waals surface area contributed by atoms with Gasteiger partial charge in [0.25, 0.3) is 0 Å². The Morgan fingerprint density at radius 1 is 1.20 bits per heavy atom. The zero-order valence-electron chi connectivity index (χ0n) is 10.8. The number of hydrogen-bond donors (Lipinski definition) is 1. The van der Waals surface area contributed by atoms with Crippen molar-refractivity contribution < 1.29 is 21.2 Å². The lowest BCUT2D eigenvalue weighted by molar-refractivity contribution is 0.553. The van der Waals surface area contributed by atoms with E-state index in [4.69, 9.17) is 0 Å². The normalized spacial score (nSPS) is 12.6. The van der Waals surface area contributed by atoms with Crippen LogP contribution in [-0.4, -0.2) is 35.0 Å². The lowest BCUT2D eigenvalue weighted by atomic mass is 10.3. The van der Waals surface area contributed by atoms with Crippen LogP contribution in [0.3, 0.4) is 0 Å². The number of sulfone groups is 1. The van der Waals surface area contributed by atoms with Gasteiger partial charge in [0.15, 0.2) is 9.84 Å². The molecule has 0 aliphatic carbocycles. The van der Waals surface area contributed by atoms with Crippen LogP contribution in [-0.2, 0) is 19.9 Å². The zero-order valence-corrected chi connectivity index (χ0v) is 14.0. The van der Waals surface area contributed by atoms with Gasteiger partial charge >= 0.3 is 0 Å². The average molecular weight is 388 g/mol. The molecule has 0 fully saturated rings. The van der Waals surface area contributed by atoms with Crippen LogP contribution in [0.1, 0.15) is 12.8 Å². The highest BCUT2D eigenvalue weighted by atomic mass is 79.9. The highest BCUT2D eigenvalue weighted by molar-refractivity contribution is 9.09. The molecule has 0 saturated carbocycles. The summed E-state index contributed by atoms with van der Waals surface area (Å²) < 4.78 is 62.5. The maximum Gasteiger partial charge on any atom is 0.243 e. The minimum absolute atomic E-state index is 0.163. The molecule has 0 spiro atoms. The number of sulfonamides is 1. The molecule has 0 saturated heterocycles. The molecule has 1 N–H and O–H groups in total. The number of benzene rings is 1. The van der Waals surface area contributed by atoms with Crippen molar-refractivity contribution in [3.8, 4) is 0 Å². The van der Waals surface area contributed by atoms with Crippen molar-refractivity contribution in [2.24, 2.45) is 0 Å². The smallest absolute Gasteiger partial charge is 0.224 e. The van der Waals surface area contributed by atoms with Gasteiger partial charge in [-0.1, -0.05) is 15.9 Å². The molecule has 0 bridgehead atoms. The van der Waals surface area contributed by atoms with E-state index in [0.717, 1.165) is 36.2 Å². The molecule has 0 aliphatic heterocycles. The first-order valence-electron chi connectivity index (χ1n) is 5.74. The Balaban J connectivity index is 3.05. The van der Waals surface area contributed by atoms with E-state index in [1.165, 1.54) is 0 Å². The van der Waals surface area contributed by atoms with Gasteiger partial charge in [-0.2, -0.15) is 0 Å². The van der Waals surface area contributed by atoms with Crippen LogP contribution in [0.25, 0.3) is 0 Å². The van der Waals surface area contributed by atoms with Gasteiger partial charge in [0.2, 0.25) is 10.0 Å². The van der Waals surface area contributed by atoms with Crippen molar-refractivity contribution >= 4 is 35.8 Å². The van der Waals surface area contributed by atoms with Crippen molar-refractivity contribution in [3.05, 3.63) is 24.0 Å². The fraction of sp³-hybridized carbons (Fsp3) is 0.455. The number of halogens is 2. The van der Waals surface area contributed by atoms with Crippen LogP contribution in [0.4, 0.5) is 4.39 Å². The number of hydrogen-bond acceptors (Lipinski definition) is 4. The monoisotopic (exact) mass is 387 g/mol. The predicted molar refractivity (Wildman–Crippen MR) is 77.7 cm³/mol. The average Bonchev–Trinajstić information content (AvgIpc) is 2.33. The minimum Gasteiger partial charge on any atom is -0.224 e. The van der Waals surface area contributed by atoms with Crippen molar-refractivity contribution in [2.45, 2.75) is 22.6 Å². The van der Waals surface area contributed by atoms with Crippen LogP contribution in [0.5, 0.6) is 0 Å². The third-order valence-corrected chi connectivity index (χ3v) is 5.62. The SMILES string of the molecule is CS(=O)(=O)c1ccc(F)c(S(=O)(=O)NCCCCBr)c1. The summed E-state index contributed by atoms with van der Waals surface area (Å²) in [6.07, 6.45) is 2.30. The largest absolute Gasteiger partial charge is 0.243 e.